The number of nitrogen functional groups attached to an aromatic ring is 1. The molecule has 1 rings (SSSR count). The van der Waals surface area contributed by atoms with Gasteiger partial charge in [0.2, 0.25) is 0 Å². The second-order valence-corrected chi connectivity index (χ2v) is 4.00. The van der Waals surface area contributed by atoms with Gasteiger partial charge >= 0.3 is 0 Å². The van der Waals surface area contributed by atoms with Crippen LogP contribution in [0.3, 0.4) is 0 Å². The first-order valence-corrected chi connectivity index (χ1v) is 4.22. The third-order valence-electron chi connectivity index (χ3n) is 1.17. The first kappa shape index (κ1) is 7.82. The summed E-state index contributed by atoms with van der Waals surface area (Å²) in [7, 11) is 0. The van der Waals surface area contributed by atoms with Crippen LogP contribution in [0, 0.1) is 0 Å². The molecule has 2 N–H and O–H groups in total. The first-order chi connectivity index (χ1) is 4.61. The monoisotopic (exact) mass is 176 g/mol. The van der Waals surface area contributed by atoms with Gasteiger partial charge in [0.1, 0.15) is 4.34 Å². The van der Waals surface area contributed by atoms with Gasteiger partial charge in [-0.25, -0.2) is 4.98 Å². The van der Waals surface area contributed by atoms with Crippen molar-refractivity contribution >= 4 is 28.1 Å². The van der Waals surface area contributed by atoms with E-state index in [1.54, 1.807) is 0 Å². The fourth-order valence-corrected chi connectivity index (χ4v) is 1.90. The van der Waals surface area contributed by atoms with Gasteiger partial charge in [-0.3, -0.25) is 0 Å². The largest absolute Gasteiger partial charge is 0.375 e. The smallest absolute Gasteiger partial charge is 0.181 e. The van der Waals surface area contributed by atoms with E-state index in [4.69, 9.17) is 17.3 Å². The Balaban J connectivity index is 3.03. The number of hydrogen-bond donors (Lipinski definition) is 1. The van der Waals surface area contributed by atoms with Crippen LogP contribution in [0.15, 0.2) is 0 Å². The Labute approximate surface area is 69.0 Å². The highest BCUT2D eigenvalue weighted by Gasteiger charge is 2.09. The van der Waals surface area contributed by atoms with Crippen LogP contribution in [-0.2, 0) is 0 Å². The molecular weight excluding hydrogens is 168 g/mol. The number of anilines is 1. The number of rotatable bonds is 1. The Hall–Kier alpha value is -0.280. The predicted molar refractivity (Wildman–Crippen MR) is 45.6 cm³/mol. The molecular formula is C6H9ClN2S. The van der Waals surface area contributed by atoms with Crippen molar-refractivity contribution in [2.24, 2.45) is 0 Å². The van der Waals surface area contributed by atoms with Crippen LogP contribution in [0.4, 0.5) is 5.13 Å². The summed E-state index contributed by atoms with van der Waals surface area (Å²) in [4.78, 5) is 4.07. The van der Waals surface area contributed by atoms with E-state index in [-0.39, 0.29) is 0 Å². The van der Waals surface area contributed by atoms with Crippen LogP contribution in [-0.4, -0.2) is 4.98 Å². The zero-order valence-electron chi connectivity index (χ0n) is 5.89. The summed E-state index contributed by atoms with van der Waals surface area (Å²) in [5, 5.41) is 0.550. The normalized spacial score (nSPS) is 10.8. The molecule has 0 aromatic carbocycles. The SMILES string of the molecule is CC(C)c1nc(N)sc1Cl. The highest BCUT2D eigenvalue weighted by molar-refractivity contribution is 7.19. The van der Waals surface area contributed by atoms with Gasteiger partial charge in [-0.1, -0.05) is 36.8 Å². The average molecular weight is 177 g/mol. The minimum Gasteiger partial charge on any atom is -0.375 e. The second-order valence-electron chi connectivity index (χ2n) is 2.37. The minimum absolute atomic E-state index is 0.362. The Morgan fingerprint density at radius 3 is 2.40 bits per heavy atom. The van der Waals surface area contributed by atoms with Crippen molar-refractivity contribution in [3.63, 3.8) is 0 Å². The lowest BCUT2D eigenvalue weighted by Crippen LogP contribution is -1.89. The third-order valence-corrected chi connectivity index (χ3v) is 2.29. The number of nitrogens with zero attached hydrogens (tertiary/aromatic N) is 1. The van der Waals surface area contributed by atoms with Crippen molar-refractivity contribution in [3.8, 4) is 0 Å². The fourth-order valence-electron chi connectivity index (χ4n) is 0.686. The summed E-state index contributed by atoms with van der Waals surface area (Å²) < 4.78 is 0.715. The zero-order chi connectivity index (χ0) is 7.72. The zero-order valence-corrected chi connectivity index (χ0v) is 7.46. The average Bonchev–Trinajstić information content (AvgIpc) is 2.10. The Bertz CT molecular complexity index is 232. The summed E-state index contributed by atoms with van der Waals surface area (Å²) in [6.45, 7) is 4.08. The van der Waals surface area contributed by atoms with Gasteiger partial charge in [0.05, 0.1) is 5.69 Å². The van der Waals surface area contributed by atoms with E-state index in [2.05, 4.69) is 4.98 Å². The molecule has 0 aliphatic carbocycles. The Morgan fingerprint density at radius 1 is 1.60 bits per heavy atom. The summed E-state index contributed by atoms with van der Waals surface area (Å²) >= 11 is 7.15. The van der Waals surface area contributed by atoms with Gasteiger partial charge < -0.3 is 5.73 Å². The van der Waals surface area contributed by atoms with Crippen molar-refractivity contribution in [3.05, 3.63) is 10.0 Å². The van der Waals surface area contributed by atoms with E-state index >= 15 is 0 Å². The Morgan fingerprint density at radius 2 is 2.20 bits per heavy atom. The summed E-state index contributed by atoms with van der Waals surface area (Å²) in [6.07, 6.45) is 0. The molecule has 0 aliphatic heterocycles. The lowest BCUT2D eigenvalue weighted by molar-refractivity contribution is 0.835. The highest BCUT2D eigenvalue weighted by atomic mass is 35.5. The molecule has 0 radical (unpaired) electrons. The molecule has 1 aromatic rings. The highest BCUT2D eigenvalue weighted by Crippen LogP contribution is 2.30. The predicted octanol–water partition coefficient (Wildman–Crippen LogP) is 2.50. The molecule has 0 atom stereocenters. The maximum atomic E-state index is 5.82. The summed E-state index contributed by atoms with van der Waals surface area (Å²) in [5.41, 5.74) is 6.35. The molecule has 0 saturated heterocycles. The standard InChI is InChI=1S/C6H9ClN2S/c1-3(2)4-5(7)10-6(8)9-4/h3H,1-2H3,(H2,8,9). The molecule has 0 saturated carbocycles. The number of halogens is 1. The number of aromatic nitrogens is 1. The lowest BCUT2D eigenvalue weighted by atomic mass is 10.2. The third kappa shape index (κ3) is 1.41. The molecule has 0 unspecified atom stereocenters. The van der Waals surface area contributed by atoms with Crippen molar-refractivity contribution in [1.29, 1.82) is 0 Å². The minimum atomic E-state index is 0.362. The lowest BCUT2D eigenvalue weighted by Gasteiger charge is -1.97. The van der Waals surface area contributed by atoms with Gasteiger partial charge in [-0.05, 0) is 5.92 Å². The number of thiazole rings is 1. The van der Waals surface area contributed by atoms with Crippen LogP contribution in [0.5, 0.6) is 0 Å². The van der Waals surface area contributed by atoms with Crippen molar-refractivity contribution in [2.45, 2.75) is 19.8 Å². The van der Waals surface area contributed by atoms with Crippen molar-refractivity contribution < 1.29 is 0 Å². The molecule has 0 fully saturated rings. The van der Waals surface area contributed by atoms with E-state index in [0.717, 1.165) is 5.69 Å². The summed E-state index contributed by atoms with van der Waals surface area (Å²) in [6, 6.07) is 0. The van der Waals surface area contributed by atoms with Crippen molar-refractivity contribution in [2.75, 3.05) is 5.73 Å². The van der Waals surface area contributed by atoms with Gasteiger partial charge in [0, 0.05) is 0 Å². The van der Waals surface area contributed by atoms with E-state index in [1.807, 2.05) is 13.8 Å². The molecule has 56 valence electrons. The summed E-state index contributed by atoms with van der Waals surface area (Å²) in [5.74, 6) is 0.362. The maximum Gasteiger partial charge on any atom is 0.181 e. The van der Waals surface area contributed by atoms with Gasteiger partial charge in [0.25, 0.3) is 0 Å². The first-order valence-electron chi connectivity index (χ1n) is 3.03. The number of nitrogens with two attached hydrogens (primary N) is 1. The fraction of sp³-hybridized carbons (Fsp3) is 0.500. The molecule has 0 aliphatic rings. The number of hydrogen-bond acceptors (Lipinski definition) is 3. The van der Waals surface area contributed by atoms with Gasteiger partial charge in [-0.15, -0.1) is 0 Å². The van der Waals surface area contributed by atoms with Gasteiger partial charge in [0.15, 0.2) is 5.13 Å². The van der Waals surface area contributed by atoms with Crippen LogP contribution < -0.4 is 5.73 Å². The Kier molecular flexibility index (Phi) is 2.16. The van der Waals surface area contributed by atoms with Crippen LogP contribution >= 0.6 is 22.9 Å². The molecule has 1 heterocycles. The molecule has 0 amide bonds. The van der Waals surface area contributed by atoms with Gasteiger partial charge in [-0.2, -0.15) is 0 Å². The van der Waals surface area contributed by atoms with E-state index in [1.165, 1.54) is 11.3 Å². The maximum absolute atomic E-state index is 5.82. The molecule has 4 heteroatoms. The quantitative estimate of drug-likeness (QED) is 0.714. The van der Waals surface area contributed by atoms with Crippen molar-refractivity contribution in [1.82, 2.24) is 4.98 Å². The topological polar surface area (TPSA) is 38.9 Å². The molecule has 10 heavy (non-hydrogen) atoms. The van der Waals surface area contributed by atoms with Crippen LogP contribution in [0.25, 0.3) is 0 Å². The van der Waals surface area contributed by atoms with E-state index in [0.29, 0.717) is 15.4 Å². The molecule has 0 bridgehead atoms. The van der Waals surface area contributed by atoms with Crippen LogP contribution in [0.1, 0.15) is 25.5 Å². The molecule has 2 nitrogen and oxygen atoms in total. The van der Waals surface area contributed by atoms with E-state index < -0.39 is 0 Å². The molecule has 0 spiro atoms. The van der Waals surface area contributed by atoms with Crippen LogP contribution in [0.2, 0.25) is 4.34 Å². The second kappa shape index (κ2) is 2.76. The van der Waals surface area contributed by atoms with E-state index in [9.17, 15) is 0 Å². The molecule has 1 aromatic heterocycles.